The zero-order valence-corrected chi connectivity index (χ0v) is 11.7. The minimum atomic E-state index is -0.307. The summed E-state index contributed by atoms with van der Waals surface area (Å²) in [4.78, 5) is 12.7. The number of hydrogen-bond acceptors (Lipinski definition) is 3. The average Bonchev–Trinajstić information content (AvgIpc) is 2.94. The van der Waals surface area contributed by atoms with Crippen molar-refractivity contribution in [3.05, 3.63) is 0 Å². The van der Waals surface area contributed by atoms with Gasteiger partial charge in [0.25, 0.3) is 0 Å². The Bertz CT molecular complexity index is 337. The molecular formula is C15H26N2O2. The minimum Gasteiger partial charge on any atom is -0.373 e. The zero-order valence-electron chi connectivity index (χ0n) is 11.7. The van der Waals surface area contributed by atoms with Gasteiger partial charge in [0, 0.05) is 6.54 Å². The average molecular weight is 266 g/mol. The van der Waals surface area contributed by atoms with Gasteiger partial charge in [-0.25, -0.2) is 0 Å². The number of ether oxygens (including phenoxy) is 1. The molecule has 0 spiro atoms. The van der Waals surface area contributed by atoms with E-state index in [0.717, 1.165) is 38.5 Å². The number of nitrogens with one attached hydrogen (secondary N) is 1. The lowest BCUT2D eigenvalue weighted by Crippen LogP contribution is -2.51. The lowest BCUT2D eigenvalue weighted by atomic mass is 9.79. The van der Waals surface area contributed by atoms with Gasteiger partial charge in [-0.05, 0) is 32.1 Å². The van der Waals surface area contributed by atoms with Crippen LogP contribution in [0.5, 0.6) is 0 Å². The van der Waals surface area contributed by atoms with E-state index < -0.39 is 0 Å². The fourth-order valence-electron chi connectivity index (χ4n) is 4.04. The Hall–Kier alpha value is -0.610. The van der Waals surface area contributed by atoms with E-state index in [4.69, 9.17) is 10.5 Å². The predicted molar refractivity (Wildman–Crippen MR) is 73.6 cm³/mol. The van der Waals surface area contributed by atoms with Crippen LogP contribution in [-0.4, -0.2) is 30.7 Å². The van der Waals surface area contributed by atoms with E-state index in [0.29, 0.717) is 12.6 Å². The van der Waals surface area contributed by atoms with Crippen molar-refractivity contribution >= 4 is 5.91 Å². The maximum atomic E-state index is 12.7. The number of carbonyl (C=O) groups is 1. The van der Waals surface area contributed by atoms with Crippen molar-refractivity contribution in [1.82, 2.24) is 5.32 Å². The number of rotatable bonds is 3. The summed E-state index contributed by atoms with van der Waals surface area (Å²) in [5, 5.41) is 3.26. The highest BCUT2D eigenvalue weighted by molar-refractivity contribution is 5.83. The third kappa shape index (κ3) is 2.52. The highest BCUT2D eigenvalue weighted by Crippen LogP contribution is 2.37. The highest BCUT2D eigenvalue weighted by Gasteiger charge is 2.44. The van der Waals surface area contributed by atoms with Crippen LogP contribution in [0.2, 0.25) is 0 Å². The molecule has 1 aliphatic carbocycles. The smallest absolute Gasteiger partial charge is 0.227 e. The first kappa shape index (κ1) is 13.4. The fourth-order valence-corrected chi connectivity index (χ4v) is 4.04. The second-order valence-corrected chi connectivity index (χ2v) is 6.59. The molecule has 3 N–H and O–H groups in total. The van der Waals surface area contributed by atoms with Gasteiger partial charge in [-0.2, -0.15) is 0 Å². The minimum absolute atomic E-state index is 0.193. The standard InChI is InChI=1S/C15H26N2O2/c16-10-15(7-3-1-2-4-8-15)14(18)17-12-9-11-5-6-13(12)19-11/h11-13H,1-10,16H2,(H,17,18). The van der Waals surface area contributed by atoms with Crippen LogP contribution < -0.4 is 11.1 Å². The molecule has 4 heteroatoms. The summed E-state index contributed by atoms with van der Waals surface area (Å²) in [6, 6.07) is 0.234. The van der Waals surface area contributed by atoms with Gasteiger partial charge in [0.2, 0.25) is 5.91 Å². The Balaban J connectivity index is 1.64. The maximum absolute atomic E-state index is 12.7. The molecule has 0 aromatic heterocycles. The molecule has 2 aliphatic heterocycles. The van der Waals surface area contributed by atoms with Gasteiger partial charge in [-0.15, -0.1) is 0 Å². The summed E-state index contributed by atoms with van der Waals surface area (Å²) in [5.41, 5.74) is 5.66. The van der Waals surface area contributed by atoms with Crippen LogP contribution in [0.4, 0.5) is 0 Å². The van der Waals surface area contributed by atoms with E-state index in [2.05, 4.69) is 5.32 Å². The number of amides is 1. The number of nitrogens with two attached hydrogens (primary N) is 1. The Kier molecular flexibility index (Phi) is 3.81. The molecule has 0 aromatic rings. The van der Waals surface area contributed by atoms with Gasteiger partial charge in [0.1, 0.15) is 0 Å². The second-order valence-electron chi connectivity index (χ2n) is 6.59. The van der Waals surface area contributed by atoms with Gasteiger partial charge >= 0.3 is 0 Å². The van der Waals surface area contributed by atoms with Crippen molar-refractivity contribution in [3.63, 3.8) is 0 Å². The first-order valence-electron chi connectivity index (χ1n) is 7.90. The van der Waals surface area contributed by atoms with Crippen molar-refractivity contribution in [2.24, 2.45) is 11.1 Å². The first-order valence-corrected chi connectivity index (χ1v) is 7.90. The van der Waals surface area contributed by atoms with E-state index in [1.165, 1.54) is 19.3 Å². The van der Waals surface area contributed by atoms with Crippen LogP contribution in [0.1, 0.15) is 57.8 Å². The monoisotopic (exact) mass is 266 g/mol. The highest BCUT2D eigenvalue weighted by atomic mass is 16.5. The van der Waals surface area contributed by atoms with Crippen LogP contribution in [0.15, 0.2) is 0 Å². The topological polar surface area (TPSA) is 64.4 Å². The molecule has 2 bridgehead atoms. The molecule has 0 radical (unpaired) electrons. The molecule has 3 atom stereocenters. The van der Waals surface area contributed by atoms with Gasteiger partial charge in [0.05, 0.1) is 23.7 Å². The quantitative estimate of drug-likeness (QED) is 0.765. The lowest BCUT2D eigenvalue weighted by Gasteiger charge is -2.32. The Morgan fingerprint density at radius 1 is 1.21 bits per heavy atom. The molecule has 19 heavy (non-hydrogen) atoms. The summed E-state index contributed by atoms with van der Waals surface area (Å²) in [5.74, 6) is 0.193. The van der Waals surface area contributed by atoms with E-state index >= 15 is 0 Å². The Morgan fingerprint density at radius 2 is 1.95 bits per heavy atom. The fraction of sp³-hybridized carbons (Fsp3) is 0.933. The van der Waals surface area contributed by atoms with Gasteiger partial charge in [-0.3, -0.25) is 4.79 Å². The van der Waals surface area contributed by atoms with Crippen LogP contribution in [0.25, 0.3) is 0 Å². The maximum Gasteiger partial charge on any atom is 0.227 e. The normalized spacial score (nSPS) is 37.0. The third-order valence-electron chi connectivity index (χ3n) is 5.36. The third-order valence-corrected chi connectivity index (χ3v) is 5.36. The summed E-state index contributed by atoms with van der Waals surface area (Å²) in [6.07, 6.45) is 10.6. The second kappa shape index (κ2) is 5.41. The van der Waals surface area contributed by atoms with Crippen LogP contribution in [0.3, 0.4) is 0 Å². The summed E-state index contributed by atoms with van der Waals surface area (Å²) < 4.78 is 5.82. The van der Waals surface area contributed by atoms with Crippen molar-refractivity contribution in [1.29, 1.82) is 0 Å². The van der Waals surface area contributed by atoms with Crippen LogP contribution in [0, 0.1) is 5.41 Å². The zero-order chi connectivity index (χ0) is 13.3. The summed E-state index contributed by atoms with van der Waals surface area (Å²) >= 11 is 0. The van der Waals surface area contributed by atoms with Crippen molar-refractivity contribution < 1.29 is 9.53 Å². The van der Waals surface area contributed by atoms with Gasteiger partial charge in [0.15, 0.2) is 0 Å². The molecule has 108 valence electrons. The van der Waals surface area contributed by atoms with Crippen LogP contribution >= 0.6 is 0 Å². The van der Waals surface area contributed by atoms with E-state index in [9.17, 15) is 4.79 Å². The van der Waals surface area contributed by atoms with E-state index in [-0.39, 0.29) is 23.5 Å². The van der Waals surface area contributed by atoms with E-state index in [1.807, 2.05) is 0 Å². The molecule has 3 unspecified atom stereocenters. The van der Waals surface area contributed by atoms with E-state index in [1.54, 1.807) is 0 Å². The SMILES string of the molecule is NCC1(C(=O)NC2CC3CCC2O3)CCCCCC1. The first-order chi connectivity index (χ1) is 9.23. The number of carbonyl (C=O) groups excluding carboxylic acids is 1. The van der Waals surface area contributed by atoms with Gasteiger partial charge in [-0.1, -0.05) is 25.7 Å². The van der Waals surface area contributed by atoms with Gasteiger partial charge < -0.3 is 15.8 Å². The summed E-state index contributed by atoms with van der Waals surface area (Å²) in [7, 11) is 0. The molecule has 2 saturated heterocycles. The molecule has 1 amide bonds. The lowest BCUT2D eigenvalue weighted by molar-refractivity contribution is -0.132. The van der Waals surface area contributed by atoms with Crippen molar-refractivity contribution in [2.75, 3.05) is 6.54 Å². The summed E-state index contributed by atoms with van der Waals surface area (Å²) in [6.45, 7) is 0.487. The van der Waals surface area contributed by atoms with Crippen molar-refractivity contribution in [2.45, 2.75) is 76.0 Å². The molecule has 4 nitrogen and oxygen atoms in total. The van der Waals surface area contributed by atoms with Crippen molar-refractivity contribution in [3.8, 4) is 0 Å². The molecule has 2 heterocycles. The number of fused-ring (bicyclic) bond motifs is 2. The van der Waals surface area contributed by atoms with Crippen LogP contribution in [-0.2, 0) is 9.53 Å². The molecule has 3 rings (SSSR count). The number of hydrogen-bond donors (Lipinski definition) is 2. The predicted octanol–water partition coefficient (Wildman–Crippen LogP) is 1.72. The molecule has 0 aromatic carbocycles. The largest absolute Gasteiger partial charge is 0.373 e. The Labute approximate surface area is 115 Å². The Morgan fingerprint density at radius 3 is 2.47 bits per heavy atom. The molecule has 1 saturated carbocycles. The molecule has 3 fully saturated rings. The molecule has 3 aliphatic rings. The molecular weight excluding hydrogens is 240 g/mol.